The monoisotopic (exact) mass is 325 g/mol. The highest BCUT2D eigenvalue weighted by Gasteiger charge is 2.25. The highest BCUT2D eigenvalue weighted by Crippen LogP contribution is 2.26. The molecule has 1 aromatic rings. The van der Waals surface area contributed by atoms with Gasteiger partial charge in [0.1, 0.15) is 11.1 Å². The summed E-state index contributed by atoms with van der Waals surface area (Å²) in [4.78, 5) is 28.1. The van der Waals surface area contributed by atoms with E-state index in [9.17, 15) is 14.7 Å². The minimum Gasteiger partial charge on any atom is -0.461 e. The van der Waals surface area contributed by atoms with E-state index in [-0.39, 0.29) is 24.3 Å². The van der Waals surface area contributed by atoms with E-state index in [1.165, 1.54) is 18.8 Å². The molecule has 0 aromatic carbocycles. The number of hydrogen-bond donors (Lipinski definition) is 1. The number of rotatable bonds is 9. The maximum atomic E-state index is 11.6. The number of aliphatic hydroxyl groups is 1. The van der Waals surface area contributed by atoms with E-state index >= 15 is 0 Å². The Hall–Kier alpha value is -1.25. The van der Waals surface area contributed by atoms with Crippen LogP contribution in [0.3, 0.4) is 0 Å². The molecule has 0 amide bonds. The normalized spacial score (nSPS) is 14.0. The Morgan fingerprint density at radius 1 is 1.59 bits per heavy atom. The quantitative estimate of drug-likeness (QED) is 0.421. The van der Waals surface area contributed by atoms with Gasteiger partial charge in [-0.3, -0.25) is 0 Å². The lowest BCUT2D eigenvalue weighted by Gasteiger charge is -2.31. The minimum absolute atomic E-state index is 0.00450. The standard InChI is InChI=1S/C14H22BN2O4S/c1-5-21-14(20)10-7-22-13(16-10)12(19)6-11(9(2)3)17(4)15-8-18/h7-9,11-12,19H,5-6H2,1-4H3/t11-,12-/m0/s1. The average Bonchev–Trinajstić information content (AvgIpc) is 2.94. The second-order valence-corrected chi connectivity index (χ2v) is 6.19. The van der Waals surface area contributed by atoms with Crippen LogP contribution >= 0.6 is 11.3 Å². The molecule has 1 radical (unpaired) electrons. The Bertz CT molecular complexity index is 495. The van der Waals surface area contributed by atoms with Crippen molar-refractivity contribution in [2.24, 2.45) is 5.92 Å². The molecule has 22 heavy (non-hydrogen) atoms. The maximum Gasteiger partial charge on any atom is 0.357 e. The Labute approximate surface area is 135 Å². The van der Waals surface area contributed by atoms with Gasteiger partial charge in [-0.2, -0.15) is 0 Å². The molecule has 8 heteroatoms. The third-order valence-corrected chi connectivity index (χ3v) is 4.29. The molecule has 0 aliphatic carbocycles. The van der Waals surface area contributed by atoms with Gasteiger partial charge in [-0.15, -0.1) is 11.3 Å². The van der Waals surface area contributed by atoms with Crippen molar-refractivity contribution in [2.75, 3.05) is 13.7 Å². The molecule has 1 N–H and O–H groups in total. The molecule has 0 spiro atoms. The zero-order valence-electron chi connectivity index (χ0n) is 13.4. The summed E-state index contributed by atoms with van der Waals surface area (Å²) in [6.07, 6.45) is 0.362. The number of thiazole rings is 1. The number of carbonyl (C=O) groups is 2. The van der Waals surface area contributed by atoms with Crippen molar-refractivity contribution in [3.63, 3.8) is 0 Å². The number of aromatic nitrogens is 1. The van der Waals surface area contributed by atoms with Crippen molar-refractivity contribution in [1.82, 2.24) is 9.79 Å². The molecule has 1 rings (SSSR count). The van der Waals surface area contributed by atoms with Gasteiger partial charge < -0.3 is 19.4 Å². The molecule has 0 bridgehead atoms. The first kappa shape index (κ1) is 18.8. The average molecular weight is 325 g/mol. The number of esters is 1. The van der Waals surface area contributed by atoms with Gasteiger partial charge in [-0.1, -0.05) is 13.8 Å². The number of ether oxygens (including phenoxy) is 1. The van der Waals surface area contributed by atoms with Crippen LogP contribution in [0.15, 0.2) is 5.38 Å². The van der Waals surface area contributed by atoms with E-state index in [1.807, 2.05) is 13.8 Å². The van der Waals surface area contributed by atoms with Gasteiger partial charge in [0.25, 0.3) is 7.41 Å². The highest BCUT2D eigenvalue weighted by molar-refractivity contribution is 7.09. The Kier molecular flexibility index (Phi) is 7.71. The van der Waals surface area contributed by atoms with Gasteiger partial charge in [0.05, 0.1) is 12.8 Å². The third-order valence-electron chi connectivity index (χ3n) is 3.34. The molecule has 0 saturated heterocycles. The molecule has 1 aromatic heterocycles. The van der Waals surface area contributed by atoms with Crippen molar-refractivity contribution in [3.8, 4) is 0 Å². The summed E-state index contributed by atoms with van der Waals surface area (Å²) in [6, 6.07) is -0.00450. The summed E-state index contributed by atoms with van der Waals surface area (Å²) in [5, 5.41) is 12.4. The summed E-state index contributed by atoms with van der Waals surface area (Å²) in [7, 11) is 3.25. The second kappa shape index (κ2) is 9.02. The van der Waals surface area contributed by atoms with E-state index in [0.717, 1.165) is 6.19 Å². The lowest BCUT2D eigenvalue weighted by molar-refractivity contribution is 0.0519. The molecule has 0 fully saturated rings. The zero-order valence-corrected chi connectivity index (χ0v) is 14.2. The van der Waals surface area contributed by atoms with Gasteiger partial charge in [-0.25, -0.2) is 9.78 Å². The van der Waals surface area contributed by atoms with Crippen LogP contribution in [-0.2, 0) is 9.53 Å². The Morgan fingerprint density at radius 3 is 2.82 bits per heavy atom. The summed E-state index contributed by atoms with van der Waals surface area (Å²) < 4.78 is 4.88. The summed E-state index contributed by atoms with van der Waals surface area (Å²) in [6.45, 7) is 6.07. The van der Waals surface area contributed by atoms with Gasteiger partial charge >= 0.3 is 5.97 Å². The van der Waals surface area contributed by atoms with Crippen LogP contribution in [0, 0.1) is 5.92 Å². The van der Waals surface area contributed by atoms with E-state index in [4.69, 9.17) is 4.74 Å². The number of nitrogens with zero attached hydrogens (tertiary/aromatic N) is 2. The first-order valence-corrected chi connectivity index (χ1v) is 8.09. The zero-order chi connectivity index (χ0) is 16.7. The van der Waals surface area contributed by atoms with E-state index in [1.54, 1.807) is 24.2 Å². The SMILES string of the molecule is CCOC(=O)c1csc([C@@H](O)C[C@@H](C(C)C)N(C)[B]C=O)n1. The molecular weight excluding hydrogens is 303 g/mol. The Balaban J connectivity index is 2.75. The lowest BCUT2D eigenvalue weighted by atomic mass is 9.86. The smallest absolute Gasteiger partial charge is 0.357 e. The Morgan fingerprint density at radius 2 is 2.27 bits per heavy atom. The minimum atomic E-state index is -0.789. The van der Waals surface area contributed by atoms with Crippen molar-refractivity contribution < 1.29 is 19.4 Å². The van der Waals surface area contributed by atoms with E-state index in [2.05, 4.69) is 4.98 Å². The molecule has 2 atom stereocenters. The van der Waals surface area contributed by atoms with Crippen LogP contribution in [0.25, 0.3) is 0 Å². The van der Waals surface area contributed by atoms with Crippen molar-refractivity contribution in [3.05, 3.63) is 16.1 Å². The van der Waals surface area contributed by atoms with Crippen LogP contribution in [-0.4, -0.2) is 54.2 Å². The fourth-order valence-electron chi connectivity index (χ4n) is 2.18. The molecule has 1 heterocycles. The molecule has 0 aliphatic heterocycles. The number of aliphatic hydroxyl groups excluding tert-OH is 1. The van der Waals surface area contributed by atoms with Gasteiger partial charge in [0.2, 0.25) is 0 Å². The fraction of sp³-hybridized carbons (Fsp3) is 0.643. The first-order valence-electron chi connectivity index (χ1n) is 7.21. The summed E-state index contributed by atoms with van der Waals surface area (Å²) in [5.41, 5.74) is 0.217. The predicted octanol–water partition coefficient (Wildman–Crippen LogP) is 1.51. The van der Waals surface area contributed by atoms with Crippen LogP contribution in [0.5, 0.6) is 0 Å². The van der Waals surface area contributed by atoms with Crippen LogP contribution in [0.4, 0.5) is 0 Å². The van der Waals surface area contributed by atoms with E-state index < -0.39 is 12.1 Å². The molecule has 121 valence electrons. The highest BCUT2D eigenvalue weighted by atomic mass is 32.1. The summed E-state index contributed by atoms with van der Waals surface area (Å²) >= 11 is 1.23. The maximum absolute atomic E-state index is 11.6. The van der Waals surface area contributed by atoms with Gasteiger partial charge in [-0.05, 0) is 26.3 Å². The van der Waals surface area contributed by atoms with Crippen LogP contribution in [0.1, 0.15) is 48.8 Å². The molecule has 6 nitrogen and oxygen atoms in total. The second-order valence-electron chi connectivity index (χ2n) is 5.30. The van der Waals surface area contributed by atoms with Gasteiger partial charge in [0, 0.05) is 11.4 Å². The molecule has 0 unspecified atom stereocenters. The topological polar surface area (TPSA) is 79.7 Å². The van der Waals surface area contributed by atoms with Crippen molar-refractivity contribution in [1.29, 1.82) is 0 Å². The van der Waals surface area contributed by atoms with Crippen molar-refractivity contribution >= 4 is 30.9 Å². The van der Waals surface area contributed by atoms with E-state index in [0.29, 0.717) is 11.4 Å². The van der Waals surface area contributed by atoms with Crippen LogP contribution in [0.2, 0.25) is 0 Å². The largest absolute Gasteiger partial charge is 0.461 e. The molecule has 0 saturated carbocycles. The van der Waals surface area contributed by atoms with Crippen molar-refractivity contribution in [2.45, 2.75) is 39.3 Å². The van der Waals surface area contributed by atoms with Crippen LogP contribution < -0.4 is 0 Å². The predicted molar refractivity (Wildman–Crippen MR) is 86.5 cm³/mol. The van der Waals surface area contributed by atoms with Gasteiger partial charge in [0.15, 0.2) is 5.69 Å². The summed E-state index contributed by atoms with van der Waals surface area (Å²) in [5.74, 6) is -0.232. The molecular formula is C14H22BN2O4S. The number of hydrogen-bond acceptors (Lipinski definition) is 7. The fourth-order valence-corrected chi connectivity index (χ4v) is 2.97. The lowest BCUT2D eigenvalue weighted by Crippen LogP contribution is -2.40. The molecule has 0 aliphatic rings. The number of carbonyl (C=O) groups excluding carboxylic acids is 2. The third kappa shape index (κ3) is 5.19. The first-order chi connectivity index (χ1) is 10.4.